The molecule has 2 aromatic carbocycles. The van der Waals surface area contributed by atoms with E-state index in [0.29, 0.717) is 10.2 Å². The molecule has 3 aromatic rings. The van der Waals surface area contributed by atoms with E-state index in [1.54, 1.807) is 6.07 Å². The zero-order valence-corrected chi connectivity index (χ0v) is 15.2. The lowest BCUT2D eigenvalue weighted by molar-refractivity contribution is 0.0465. The van der Waals surface area contributed by atoms with Gasteiger partial charge in [-0.25, -0.2) is 9.78 Å². The first-order valence-electron chi connectivity index (χ1n) is 7.20. The molecule has 1 N–H and O–H groups in total. The Morgan fingerprint density at radius 3 is 2.75 bits per heavy atom. The summed E-state index contributed by atoms with van der Waals surface area (Å²) in [6, 6.07) is 12.7. The van der Waals surface area contributed by atoms with Crippen LogP contribution in [0, 0.1) is 6.92 Å². The number of hydrogen-bond acceptors (Lipinski definition) is 5. The van der Waals surface area contributed by atoms with Crippen LogP contribution in [0.15, 0.2) is 52.3 Å². The molecule has 0 amide bonds. The quantitative estimate of drug-likeness (QED) is 0.626. The number of benzene rings is 2. The molecule has 0 saturated heterocycles. The van der Waals surface area contributed by atoms with Crippen LogP contribution in [0.5, 0.6) is 5.75 Å². The van der Waals surface area contributed by atoms with Gasteiger partial charge < -0.3 is 9.84 Å². The van der Waals surface area contributed by atoms with Crippen molar-refractivity contribution < 1.29 is 14.6 Å². The summed E-state index contributed by atoms with van der Waals surface area (Å²) in [5.41, 5.74) is 3.03. The van der Waals surface area contributed by atoms with E-state index in [-0.39, 0.29) is 17.9 Å². The molecule has 0 radical (unpaired) electrons. The highest BCUT2D eigenvalue weighted by molar-refractivity contribution is 9.10. The van der Waals surface area contributed by atoms with E-state index in [1.165, 1.54) is 29.0 Å². The lowest BCUT2D eigenvalue weighted by atomic mass is 10.2. The van der Waals surface area contributed by atoms with Crippen LogP contribution in [0.4, 0.5) is 0 Å². The minimum absolute atomic E-state index is 0.0626. The van der Waals surface area contributed by atoms with E-state index in [4.69, 9.17) is 4.74 Å². The highest BCUT2D eigenvalue weighted by Gasteiger charge is 2.14. The number of thiazole rings is 1. The van der Waals surface area contributed by atoms with E-state index < -0.39 is 5.97 Å². The zero-order chi connectivity index (χ0) is 17.1. The molecule has 4 nitrogen and oxygen atoms in total. The van der Waals surface area contributed by atoms with Crippen molar-refractivity contribution in [3.63, 3.8) is 0 Å². The minimum atomic E-state index is -0.585. The third-order valence-corrected chi connectivity index (χ3v) is 4.81. The van der Waals surface area contributed by atoms with Crippen molar-refractivity contribution in [3.05, 3.63) is 69.1 Å². The van der Waals surface area contributed by atoms with Crippen molar-refractivity contribution in [2.45, 2.75) is 13.5 Å². The molecule has 24 heavy (non-hydrogen) atoms. The van der Waals surface area contributed by atoms with Crippen LogP contribution in [0.3, 0.4) is 0 Å². The molecule has 0 aliphatic rings. The maximum absolute atomic E-state index is 12.1. The Morgan fingerprint density at radius 2 is 2.00 bits per heavy atom. The van der Waals surface area contributed by atoms with Gasteiger partial charge in [0.2, 0.25) is 0 Å². The van der Waals surface area contributed by atoms with Crippen molar-refractivity contribution in [3.8, 4) is 16.3 Å². The molecule has 0 atom stereocenters. The normalized spacial score (nSPS) is 10.6. The first-order chi connectivity index (χ1) is 11.5. The lowest BCUT2D eigenvalue weighted by Crippen LogP contribution is -2.05. The van der Waals surface area contributed by atoms with Gasteiger partial charge in [0.1, 0.15) is 22.9 Å². The van der Waals surface area contributed by atoms with Crippen LogP contribution in [0.2, 0.25) is 0 Å². The Bertz CT molecular complexity index is 874. The summed E-state index contributed by atoms with van der Waals surface area (Å²) in [6.45, 7) is 2.10. The van der Waals surface area contributed by atoms with Crippen molar-refractivity contribution in [1.29, 1.82) is 0 Å². The number of nitrogens with zero attached hydrogens (tertiary/aromatic N) is 1. The fourth-order valence-corrected chi connectivity index (χ4v) is 3.26. The summed E-state index contributed by atoms with van der Waals surface area (Å²) in [5.74, 6) is -0.694. The Kier molecular flexibility index (Phi) is 4.97. The van der Waals surface area contributed by atoms with Crippen molar-refractivity contribution in [1.82, 2.24) is 4.98 Å². The highest BCUT2D eigenvalue weighted by atomic mass is 79.9. The fraction of sp³-hybridized carbons (Fsp3) is 0.111. The third kappa shape index (κ3) is 3.83. The fourth-order valence-electron chi connectivity index (χ4n) is 2.09. The summed E-state index contributed by atoms with van der Waals surface area (Å²) in [4.78, 5) is 16.6. The zero-order valence-electron chi connectivity index (χ0n) is 12.8. The molecule has 0 unspecified atom stereocenters. The molecule has 0 bridgehead atoms. The Morgan fingerprint density at radius 1 is 1.25 bits per heavy atom. The smallest absolute Gasteiger partial charge is 0.342 e. The molecule has 0 aliphatic carbocycles. The summed E-state index contributed by atoms with van der Waals surface area (Å²) in [6.07, 6.45) is 0. The molecule has 1 heterocycles. The number of ether oxygens (including phenoxy) is 1. The van der Waals surface area contributed by atoms with Gasteiger partial charge in [-0.15, -0.1) is 11.3 Å². The molecular weight excluding hydrogens is 390 g/mol. The third-order valence-electron chi connectivity index (χ3n) is 3.38. The van der Waals surface area contributed by atoms with E-state index in [2.05, 4.69) is 20.9 Å². The summed E-state index contributed by atoms with van der Waals surface area (Å²) >= 11 is 4.77. The van der Waals surface area contributed by atoms with Crippen LogP contribution >= 0.6 is 27.3 Å². The number of carbonyl (C=O) groups is 1. The van der Waals surface area contributed by atoms with Crippen molar-refractivity contribution in [2.24, 2.45) is 0 Å². The summed E-state index contributed by atoms with van der Waals surface area (Å²) in [5, 5.41) is 12.5. The number of aromatic hydroxyl groups is 1. The highest BCUT2D eigenvalue weighted by Crippen LogP contribution is 2.25. The minimum Gasteiger partial charge on any atom is -0.507 e. The van der Waals surface area contributed by atoms with E-state index >= 15 is 0 Å². The van der Waals surface area contributed by atoms with Crippen LogP contribution in [0.1, 0.15) is 21.6 Å². The number of phenols is 1. The molecule has 122 valence electrons. The van der Waals surface area contributed by atoms with E-state index in [9.17, 15) is 9.90 Å². The first kappa shape index (κ1) is 16.7. The molecule has 0 saturated carbocycles. The van der Waals surface area contributed by atoms with Crippen LogP contribution in [0.25, 0.3) is 10.6 Å². The summed E-state index contributed by atoms with van der Waals surface area (Å²) in [7, 11) is 0. The Hall–Kier alpha value is -2.18. The lowest BCUT2D eigenvalue weighted by Gasteiger charge is -2.05. The van der Waals surface area contributed by atoms with E-state index in [1.807, 2.05) is 36.6 Å². The first-order valence-corrected chi connectivity index (χ1v) is 8.87. The van der Waals surface area contributed by atoms with Gasteiger partial charge in [0.25, 0.3) is 0 Å². The van der Waals surface area contributed by atoms with Crippen molar-refractivity contribution in [2.75, 3.05) is 0 Å². The number of phenolic OH excluding ortho intramolecular Hbond substituents is 1. The monoisotopic (exact) mass is 403 g/mol. The molecule has 0 fully saturated rings. The number of aryl methyl sites for hydroxylation is 1. The predicted molar refractivity (Wildman–Crippen MR) is 97.2 cm³/mol. The molecule has 3 rings (SSSR count). The number of hydrogen-bond donors (Lipinski definition) is 1. The second kappa shape index (κ2) is 7.15. The van der Waals surface area contributed by atoms with Gasteiger partial charge in [-0.2, -0.15) is 0 Å². The van der Waals surface area contributed by atoms with Gasteiger partial charge in [0, 0.05) is 15.4 Å². The molecule has 1 aromatic heterocycles. The van der Waals surface area contributed by atoms with Gasteiger partial charge in [0.05, 0.1) is 5.69 Å². The van der Waals surface area contributed by atoms with Gasteiger partial charge in [-0.1, -0.05) is 45.8 Å². The topological polar surface area (TPSA) is 59.4 Å². The number of aromatic nitrogens is 1. The van der Waals surface area contributed by atoms with Crippen molar-refractivity contribution >= 4 is 33.2 Å². The SMILES string of the molecule is Cc1ccc(-c2nc(COC(=O)c3cc(Br)ccc3O)cs2)cc1. The Labute approximate surface area is 151 Å². The predicted octanol–water partition coefficient (Wildman–Crippen LogP) is 4.94. The number of halogens is 1. The molecule has 0 aliphatic heterocycles. The second-order valence-electron chi connectivity index (χ2n) is 5.25. The van der Waals surface area contributed by atoms with Crippen LogP contribution < -0.4 is 0 Å². The standard InChI is InChI=1S/C18H14BrNO3S/c1-11-2-4-12(5-3-11)17-20-14(10-24-17)9-23-18(22)15-8-13(19)6-7-16(15)21/h2-8,10,21H,9H2,1H3. The maximum Gasteiger partial charge on any atom is 0.342 e. The second-order valence-corrected chi connectivity index (χ2v) is 7.02. The van der Waals surface area contributed by atoms with Gasteiger partial charge in [-0.3, -0.25) is 0 Å². The van der Waals surface area contributed by atoms with Gasteiger partial charge in [0.15, 0.2) is 0 Å². The average Bonchev–Trinajstić information content (AvgIpc) is 3.04. The molecular formula is C18H14BrNO3S. The number of esters is 1. The maximum atomic E-state index is 12.1. The van der Waals surface area contributed by atoms with Gasteiger partial charge >= 0.3 is 5.97 Å². The Balaban J connectivity index is 1.68. The van der Waals surface area contributed by atoms with Crippen LogP contribution in [-0.4, -0.2) is 16.1 Å². The largest absolute Gasteiger partial charge is 0.507 e. The average molecular weight is 404 g/mol. The van der Waals surface area contributed by atoms with E-state index in [0.717, 1.165) is 10.6 Å². The number of rotatable bonds is 4. The molecule has 6 heteroatoms. The number of carbonyl (C=O) groups excluding carboxylic acids is 1. The summed E-state index contributed by atoms with van der Waals surface area (Å²) < 4.78 is 5.94. The molecule has 0 spiro atoms. The van der Waals surface area contributed by atoms with Gasteiger partial charge in [-0.05, 0) is 25.1 Å². The van der Waals surface area contributed by atoms with Crippen LogP contribution in [-0.2, 0) is 11.3 Å².